The Balaban J connectivity index is 1.88. The molecule has 0 amide bonds. The van der Waals surface area contributed by atoms with Crippen molar-refractivity contribution >= 4 is 23.0 Å². The van der Waals surface area contributed by atoms with Crippen LogP contribution in [0.15, 0.2) is 34.2 Å². The van der Waals surface area contributed by atoms with Crippen LogP contribution in [-0.2, 0) is 13.1 Å². The summed E-state index contributed by atoms with van der Waals surface area (Å²) < 4.78 is 3.43. The molecule has 0 saturated heterocycles. The van der Waals surface area contributed by atoms with Crippen molar-refractivity contribution in [3.8, 4) is 0 Å². The average Bonchev–Trinajstić information content (AvgIpc) is 3.11. The predicted molar refractivity (Wildman–Crippen MR) is 82.8 cm³/mol. The lowest BCUT2D eigenvalue weighted by Gasteiger charge is -2.17. The number of anilines is 1. The number of nitrogens with zero attached hydrogens (tertiary/aromatic N) is 3. The number of ketones is 1. The molecule has 3 heterocycles. The monoisotopic (exact) mass is 297 g/mol. The second-order valence-electron chi connectivity index (χ2n) is 5.45. The number of aliphatic imine (C=N–C) groups is 1. The van der Waals surface area contributed by atoms with Crippen molar-refractivity contribution in [3.63, 3.8) is 0 Å². The van der Waals surface area contributed by atoms with Gasteiger partial charge in [-0.05, 0) is 31.1 Å². The van der Waals surface area contributed by atoms with E-state index in [0.29, 0.717) is 29.3 Å². The fraction of sp³-hybridized carbons (Fsp3) is 0.267. The minimum absolute atomic E-state index is 0.0731. The number of nitrogens with one attached hydrogen (secondary N) is 1. The highest BCUT2D eigenvalue weighted by molar-refractivity contribution is 6.23. The van der Waals surface area contributed by atoms with Gasteiger partial charge >= 0.3 is 0 Å². The zero-order valence-electron chi connectivity index (χ0n) is 11.9. The summed E-state index contributed by atoms with van der Waals surface area (Å²) in [7, 11) is 0. The molecule has 7 heteroatoms. The highest BCUT2D eigenvalue weighted by atomic mass is 16.1. The Kier molecular flexibility index (Phi) is 2.69. The number of carbonyl (C=O) groups excluding carboxylic acids is 1. The topological polar surface area (TPSA) is 98.2 Å². The van der Waals surface area contributed by atoms with Gasteiger partial charge in [-0.3, -0.25) is 14.3 Å². The largest absolute Gasteiger partial charge is 0.382 e. The summed E-state index contributed by atoms with van der Waals surface area (Å²) in [5.74, 6) is 0.312. The summed E-state index contributed by atoms with van der Waals surface area (Å²) >= 11 is 0. The molecule has 2 aromatic rings. The van der Waals surface area contributed by atoms with E-state index in [1.165, 1.54) is 6.08 Å². The minimum atomic E-state index is -0.178. The lowest BCUT2D eigenvalue weighted by atomic mass is 10.0. The number of nitrogen functional groups attached to an aromatic ring is 1. The molecule has 0 fully saturated rings. The van der Waals surface area contributed by atoms with Gasteiger partial charge in [0.05, 0.1) is 11.4 Å². The molecule has 1 aliphatic carbocycles. The molecule has 112 valence electrons. The maximum atomic E-state index is 12.5. The van der Waals surface area contributed by atoms with Crippen LogP contribution < -0.4 is 11.3 Å². The van der Waals surface area contributed by atoms with Crippen molar-refractivity contribution in [2.75, 3.05) is 5.73 Å². The summed E-state index contributed by atoms with van der Waals surface area (Å²) in [6, 6.07) is 1.71. The normalized spacial score (nSPS) is 18.5. The van der Waals surface area contributed by atoms with Crippen molar-refractivity contribution < 1.29 is 4.79 Å². The molecule has 0 radical (unpaired) electrons. The quantitative estimate of drug-likeness (QED) is 0.828. The molecule has 22 heavy (non-hydrogen) atoms. The molecule has 7 nitrogen and oxygen atoms in total. The Hall–Kier alpha value is -2.83. The van der Waals surface area contributed by atoms with Crippen LogP contribution in [0.2, 0.25) is 0 Å². The zero-order chi connectivity index (χ0) is 15.3. The third-order valence-corrected chi connectivity index (χ3v) is 4.13. The molecular formula is C15H15N5O2. The maximum Gasteiger partial charge on any atom is 0.294 e. The lowest BCUT2D eigenvalue weighted by Crippen LogP contribution is -2.27. The molecule has 3 N–H and O–H groups in total. The Bertz CT molecular complexity index is 894. The Labute approximate surface area is 125 Å². The Morgan fingerprint density at radius 1 is 1.14 bits per heavy atom. The third-order valence-electron chi connectivity index (χ3n) is 4.13. The lowest BCUT2D eigenvalue weighted by molar-refractivity contribution is 0.104. The van der Waals surface area contributed by atoms with Gasteiger partial charge in [0.1, 0.15) is 0 Å². The average molecular weight is 297 g/mol. The summed E-state index contributed by atoms with van der Waals surface area (Å²) in [5.41, 5.74) is 7.90. The molecule has 2 aromatic heterocycles. The maximum absolute atomic E-state index is 12.5. The van der Waals surface area contributed by atoms with Gasteiger partial charge in [-0.2, -0.15) is 0 Å². The number of allylic oxidation sites excluding steroid dienone is 2. The third kappa shape index (κ3) is 1.71. The number of hydrogen-bond acceptors (Lipinski definition) is 4. The molecule has 4 rings (SSSR count). The summed E-state index contributed by atoms with van der Waals surface area (Å²) in [6.45, 7) is 1.39. The van der Waals surface area contributed by atoms with Gasteiger partial charge in [0, 0.05) is 24.8 Å². The van der Waals surface area contributed by atoms with Crippen LogP contribution in [-0.4, -0.2) is 25.8 Å². The first-order valence-corrected chi connectivity index (χ1v) is 7.25. The highest BCUT2D eigenvalue weighted by Gasteiger charge is 2.23. The van der Waals surface area contributed by atoms with E-state index in [1.807, 2.05) is 0 Å². The van der Waals surface area contributed by atoms with Gasteiger partial charge in [-0.15, -0.1) is 0 Å². The molecular weight excluding hydrogens is 282 g/mol. The molecule has 0 bridgehead atoms. The fourth-order valence-corrected chi connectivity index (χ4v) is 3.01. The minimum Gasteiger partial charge on any atom is -0.382 e. The van der Waals surface area contributed by atoms with Crippen LogP contribution in [0, 0.1) is 0 Å². The number of rotatable bonds is 1. The first-order chi connectivity index (χ1) is 10.7. The second kappa shape index (κ2) is 4.59. The van der Waals surface area contributed by atoms with E-state index < -0.39 is 0 Å². The van der Waals surface area contributed by atoms with Gasteiger partial charge in [-0.1, -0.05) is 0 Å². The second-order valence-corrected chi connectivity index (χ2v) is 5.45. The number of aromatic nitrogens is 3. The van der Waals surface area contributed by atoms with Gasteiger partial charge < -0.3 is 10.7 Å². The van der Waals surface area contributed by atoms with Crippen LogP contribution >= 0.6 is 0 Å². The van der Waals surface area contributed by atoms with E-state index in [2.05, 4.69) is 9.98 Å². The molecule has 1 aliphatic heterocycles. The van der Waals surface area contributed by atoms with Crippen LogP contribution in [0.4, 0.5) is 11.5 Å². The number of carbonyl (C=O) groups is 1. The van der Waals surface area contributed by atoms with Gasteiger partial charge in [0.15, 0.2) is 17.3 Å². The number of fused-ring (bicyclic) bond motifs is 2. The molecule has 0 saturated carbocycles. The number of hydrogen-bond donors (Lipinski definition) is 2. The number of H-pyrrole nitrogens is 1. The fourth-order valence-electron chi connectivity index (χ4n) is 3.01. The van der Waals surface area contributed by atoms with Gasteiger partial charge in [0.25, 0.3) is 5.56 Å². The van der Waals surface area contributed by atoms with Crippen molar-refractivity contribution in [1.82, 2.24) is 14.3 Å². The molecule has 0 spiro atoms. The Morgan fingerprint density at radius 3 is 2.68 bits per heavy atom. The van der Waals surface area contributed by atoms with E-state index in [-0.39, 0.29) is 17.0 Å². The van der Waals surface area contributed by atoms with Gasteiger partial charge in [0.2, 0.25) is 0 Å². The van der Waals surface area contributed by atoms with Crippen molar-refractivity contribution in [3.05, 3.63) is 46.0 Å². The zero-order valence-corrected chi connectivity index (χ0v) is 11.9. The first-order valence-electron chi connectivity index (χ1n) is 7.25. The van der Waals surface area contributed by atoms with E-state index in [0.717, 1.165) is 19.4 Å². The van der Waals surface area contributed by atoms with E-state index in [9.17, 15) is 9.59 Å². The summed E-state index contributed by atoms with van der Waals surface area (Å²) in [6.07, 6.45) is 6.73. The van der Waals surface area contributed by atoms with Gasteiger partial charge in [-0.25, -0.2) is 9.67 Å². The van der Waals surface area contributed by atoms with Crippen molar-refractivity contribution in [2.45, 2.75) is 25.9 Å². The summed E-state index contributed by atoms with van der Waals surface area (Å²) in [4.78, 5) is 31.7. The predicted octanol–water partition coefficient (Wildman–Crippen LogP) is 1.23. The van der Waals surface area contributed by atoms with Crippen LogP contribution in [0.3, 0.4) is 0 Å². The summed E-state index contributed by atoms with van der Waals surface area (Å²) in [5, 5.41) is 0. The van der Waals surface area contributed by atoms with Crippen molar-refractivity contribution in [2.24, 2.45) is 4.99 Å². The van der Waals surface area contributed by atoms with Crippen LogP contribution in [0.25, 0.3) is 0 Å². The molecule has 0 unspecified atom stereocenters. The Morgan fingerprint density at radius 2 is 1.91 bits per heavy atom. The molecule has 0 aromatic carbocycles. The van der Waals surface area contributed by atoms with E-state index in [1.54, 1.807) is 27.7 Å². The highest BCUT2D eigenvalue weighted by Crippen LogP contribution is 2.24. The SMILES string of the molecule is Nc1c(/N=C2\C=CC(=O)c3cc[nH]c32)c(=O)n2n1CCCC2. The van der Waals surface area contributed by atoms with E-state index >= 15 is 0 Å². The van der Waals surface area contributed by atoms with Crippen LogP contribution in [0.5, 0.6) is 0 Å². The molecule has 2 aliphatic rings. The van der Waals surface area contributed by atoms with Crippen molar-refractivity contribution in [1.29, 1.82) is 0 Å². The van der Waals surface area contributed by atoms with Crippen LogP contribution in [0.1, 0.15) is 28.9 Å². The van der Waals surface area contributed by atoms with E-state index in [4.69, 9.17) is 5.73 Å². The first kappa shape index (κ1) is 12.9. The standard InChI is InChI=1S/C15H15N5O2/c16-14-13(15(22)20-8-2-1-7-19(14)20)18-10-3-4-11(21)9-5-6-17-12(9)10/h3-6,17H,1-2,7-8,16H2/b18-10+. The smallest absolute Gasteiger partial charge is 0.294 e. The number of aromatic amines is 1. The molecule has 0 atom stereocenters. The number of nitrogens with two attached hydrogens (primary N) is 1.